The van der Waals surface area contributed by atoms with E-state index in [0.717, 1.165) is 61.2 Å². The van der Waals surface area contributed by atoms with Crippen LogP contribution in [-0.2, 0) is 13.6 Å². The summed E-state index contributed by atoms with van der Waals surface area (Å²) in [5.74, 6) is 2.52. The summed E-state index contributed by atoms with van der Waals surface area (Å²) in [6, 6.07) is 8.67. The van der Waals surface area contributed by atoms with E-state index in [9.17, 15) is 0 Å². The number of hydrogen-bond donors (Lipinski definition) is 0. The summed E-state index contributed by atoms with van der Waals surface area (Å²) in [5.41, 5.74) is 1.77. The Hall–Kier alpha value is -2.41. The number of oxazole rings is 1. The van der Waals surface area contributed by atoms with Crippen LogP contribution in [0, 0.1) is 0 Å². The van der Waals surface area contributed by atoms with Crippen LogP contribution < -0.4 is 4.90 Å². The molecular weight excluding hydrogens is 340 g/mol. The minimum atomic E-state index is 0.360. The Morgan fingerprint density at radius 3 is 2.78 bits per heavy atom. The highest BCUT2D eigenvalue weighted by molar-refractivity contribution is 5.74. The van der Waals surface area contributed by atoms with Gasteiger partial charge in [0.05, 0.1) is 6.54 Å². The Labute approximate surface area is 159 Å². The number of likely N-dealkylation sites (tertiary alicyclic amines) is 1. The van der Waals surface area contributed by atoms with Crippen LogP contribution >= 0.6 is 0 Å². The summed E-state index contributed by atoms with van der Waals surface area (Å²) >= 11 is 0. The van der Waals surface area contributed by atoms with Crippen LogP contribution in [0.15, 0.2) is 28.7 Å². The Bertz CT molecular complexity index is 893. The van der Waals surface area contributed by atoms with Crippen LogP contribution in [0.3, 0.4) is 0 Å². The molecule has 2 aromatic heterocycles. The molecule has 4 heterocycles. The molecule has 0 amide bonds. The molecule has 1 atom stereocenters. The average molecular weight is 366 g/mol. The van der Waals surface area contributed by atoms with E-state index in [-0.39, 0.29) is 0 Å². The van der Waals surface area contributed by atoms with Crippen LogP contribution in [0.2, 0.25) is 0 Å². The van der Waals surface area contributed by atoms with Gasteiger partial charge in [0.25, 0.3) is 6.01 Å². The molecular formula is C20H26N6O. The first-order valence-corrected chi connectivity index (χ1v) is 9.99. The first-order chi connectivity index (χ1) is 13.3. The molecule has 3 aromatic rings. The lowest BCUT2D eigenvalue weighted by atomic mass is 9.97. The van der Waals surface area contributed by atoms with Crippen molar-refractivity contribution >= 4 is 17.1 Å². The topological polar surface area (TPSA) is 63.2 Å². The number of nitrogens with zero attached hydrogens (tertiary/aromatic N) is 6. The van der Waals surface area contributed by atoms with Crippen molar-refractivity contribution in [3.63, 3.8) is 0 Å². The van der Waals surface area contributed by atoms with Gasteiger partial charge in [0.2, 0.25) is 0 Å². The second-order valence-electron chi connectivity index (χ2n) is 7.77. The molecule has 0 saturated carbocycles. The van der Waals surface area contributed by atoms with Gasteiger partial charge in [-0.1, -0.05) is 12.1 Å². The first-order valence-electron chi connectivity index (χ1n) is 9.99. The number of anilines is 1. The molecule has 27 heavy (non-hydrogen) atoms. The van der Waals surface area contributed by atoms with Crippen molar-refractivity contribution in [2.75, 3.05) is 31.1 Å². The van der Waals surface area contributed by atoms with Crippen molar-refractivity contribution in [1.29, 1.82) is 0 Å². The average Bonchev–Trinajstić information content (AvgIpc) is 3.43. The van der Waals surface area contributed by atoms with E-state index >= 15 is 0 Å². The maximum Gasteiger partial charge on any atom is 0.298 e. The number of benzene rings is 1. The molecule has 2 aliphatic heterocycles. The summed E-state index contributed by atoms with van der Waals surface area (Å²) in [6.07, 6.45) is 4.84. The number of fused-ring (bicyclic) bond motifs is 1. The molecule has 0 aliphatic carbocycles. The van der Waals surface area contributed by atoms with E-state index in [4.69, 9.17) is 4.42 Å². The first kappa shape index (κ1) is 16.7. The summed E-state index contributed by atoms with van der Waals surface area (Å²) < 4.78 is 8.19. The van der Waals surface area contributed by atoms with E-state index in [1.807, 2.05) is 24.3 Å². The smallest absolute Gasteiger partial charge is 0.298 e. The fourth-order valence-electron chi connectivity index (χ4n) is 4.37. The molecule has 0 N–H and O–H groups in total. The van der Waals surface area contributed by atoms with Crippen molar-refractivity contribution in [3.05, 3.63) is 35.9 Å². The second kappa shape index (κ2) is 6.96. The third-order valence-corrected chi connectivity index (χ3v) is 5.90. The number of piperidine rings is 1. The maximum atomic E-state index is 5.98. The van der Waals surface area contributed by atoms with Gasteiger partial charge in [0.1, 0.15) is 17.2 Å². The van der Waals surface area contributed by atoms with Crippen LogP contribution in [0.25, 0.3) is 11.1 Å². The number of hydrogen-bond acceptors (Lipinski definition) is 6. The Morgan fingerprint density at radius 1 is 1.07 bits per heavy atom. The van der Waals surface area contributed by atoms with E-state index < -0.39 is 0 Å². The number of rotatable bonds is 4. The lowest BCUT2D eigenvalue weighted by Gasteiger charge is -2.31. The van der Waals surface area contributed by atoms with E-state index in [1.54, 1.807) is 0 Å². The fourth-order valence-corrected chi connectivity index (χ4v) is 4.37. The highest BCUT2D eigenvalue weighted by atomic mass is 16.4. The van der Waals surface area contributed by atoms with E-state index in [0.29, 0.717) is 5.92 Å². The molecule has 7 heteroatoms. The predicted octanol–water partition coefficient (Wildman–Crippen LogP) is 2.94. The molecule has 7 nitrogen and oxygen atoms in total. The van der Waals surface area contributed by atoms with Gasteiger partial charge in [-0.15, -0.1) is 10.2 Å². The van der Waals surface area contributed by atoms with Crippen molar-refractivity contribution in [2.24, 2.45) is 7.05 Å². The summed E-state index contributed by atoms with van der Waals surface area (Å²) in [5, 5.41) is 9.06. The van der Waals surface area contributed by atoms with Crippen LogP contribution in [0.5, 0.6) is 0 Å². The third-order valence-electron chi connectivity index (χ3n) is 5.90. The van der Waals surface area contributed by atoms with E-state index in [2.05, 4.69) is 36.6 Å². The molecule has 5 rings (SSSR count). The van der Waals surface area contributed by atoms with E-state index in [1.165, 1.54) is 25.9 Å². The third kappa shape index (κ3) is 3.20. The van der Waals surface area contributed by atoms with Crippen molar-refractivity contribution in [2.45, 2.75) is 38.1 Å². The summed E-state index contributed by atoms with van der Waals surface area (Å²) in [7, 11) is 2.11. The van der Waals surface area contributed by atoms with Crippen molar-refractivity contribution in [1.82, 2.24) is 24.6 Å². The maximum absolute atomic E-state index is 5.98. The molecule has 0 bridgehead atoms. The number of aromatic nitrogens is 4. The highest BCUT2D eigenvalue weighted by Gasteiger charge is 2.28. The van der Waals surface area contributed by atoms with Gasteiger partial charge >= 0.3 is 0 Å². The monoisotopic (exact) mass is 366 g/mol. The normalized spacial score (nSPS) is 21.4. The second-order valence-corrected chi connectivity index (χ2v) is 7.77. The zero-order valence-corrected chi connectivity index (χ0v) is 15.8. The van der Waals surface area contributed by atoms with Gasteiger partial charge in [-0.2, -0.15) is 4.98 Å². The minimum Gasteiger partial charge on any atom is -0.423 e. The predicted molar refractivity (Wildman–Crippen MR) is 104 cm³/mol. The van der Waals surface area contributed by atoms with Crippen LogP contribution in [-0.4, -0.2) is 50.8 Å². The van der Waals surface area contributed by atoms with Crippen LogP contribution in [0.4, 0.5) is 6.01 Å². The zero-order valence-electron chi connectivity index (χ0n) is 15.8. The molecule has 2 saturated heterocycles. The fraction of sp³-hybridized carbons (Fsp3) is 0.550. The molecule has 1 aromatic carbocycles. The van der Waals surface area contributed by atoms with Gasteiger partial charge in [0, 0.05) is 26.1 Å². The molecule has 0 radical (unpaired) electrons. The van der Waals surface area contributed by atoms with Crippen molar-refractivity contribution < 1.29 is 4.42 Å². The minimum absolute atomic E-state index is 0.360. The van der Waals surface area contributed by atoms with Gasteiger partial charge in [-0.3, -0.25) is 4.90 Å². The summed E-state index contributed by atoms with van der Waals surface area (Å²) in [6.45, 7) is 5.11. The molecule has 0 spiro atoms. The summed E-state index contributed by atoms with van der Waals surface area (Å²) in [4.78, 5) is 9.39. The number of para-hydroxylation sites is 2. The quantitative estimate of drug-likeness (QED) is 0.707. The lowest BCUT2D eigenvalue weighted by Crippen LogP contribution is -2.35. The molecule has 2 aliphatic rings. The standard InChI is InChI=1S/C20H26N6O/c1-24-18(14-25-10-4-5-11-25)22-23-19(24)15-7-6-12-26(13-15)20-21-16-8-2-3-9-17(16)27-20/h2-3,8-9,15H,4-7,10-14H2,1H3. The molecule has 2 fully saturated rings. The highest BCUT2D eigenvalue weighted by Crippen LogP contribution is 2.30. The molecule has 142 valence electrons. The van der Waals surface area contributed by atoms with Gasteiger partial charge < -0.3 is 13.9 Å². The Morgan fingerprint density at radius 2 is 1.93 bits per heavy atom. The largest absolute Gasteiger partial charge is 0.423 e. The SMILES string of the molecule is Cn1c(CN2CCCC2)nnc1C1CCCN(c2nc3ccccc3o2)C1. The Balaban J connectivity index is 1.34. The van der Waals surface area contributed by atoms with Crippen molar-refractivity contribution in [3.8, 4) is 0 Å². The van der Waals surface area contributed by atoms with Gasteiger partial charge in [0.15, 0.2) is 5.58 Å². The van der Waals surface area contributed by atoms with Gasteiger partial charge in [-0.25, -0.2) is 0 Å². The van der Waals surface area contributed by atoms with Crippen LogP contribution in [0.1, 0.15) is 43.3 Å². The van der Waals surface area contributed by atoms with Gasteiger partial charge in [-0.05, 0) is 50.9 Å². The lowest BCUT2D eigenvalue weighted by molar-refractivity contribution is 0.317. The molecule has 1 unspecified atom stereocenters. The Kier molecular flexibility index (Phi) is 4.32. The zero-order chi connectivity index (χ0) is 18.2.